The fourth-order valence-electron chi connectivity index (χ4n) is 3.40. The molecule has 7 heteroatoms. The van der Waals surface area contributed by atoms with Crippen LogP contribution >= 0.6 is 0 Å². The minimum absolute atomic E-state index is 0.0442. The van der Waals surface area contributed by atoms with E-state index < -0.39 is 17.5 Å². The van der Waals surface area contributed by atoms with E-state index >= 15 is 0 Å². The van der Waals surface area contributed by atoms with Gasteiger partial charge in [-0.2, -0.15) is 0 Å². The Labute approximate surface area is 159 Å². The number of para-hydroxylation sites is 1. The summed E-state index contributed by atoms with van der Waals surface area (Å²) in [7, 11) is 2.80. The lowest BCUT2D eigenvalue weighted by Gasteiger charge is -2.27. The Kier molecular flexibility index (Phi) is 4.27. The molecule has 0 saturated carbocycles. The third kappa shape index (κ3) is 2.68. The molecule has 7 nitrogen and oxygen atoms in total. The summed E-state index contributed by atoms with van der Waals surface area (Å²) < 4.78 is 21.3. The highest BCUT2D eigenvalue weighted by atomic mass is 16.5. The molecule has 0 spiro atoms. The third-order valence-electron chi connectivity index (χ3n) is 4.71. The van der Waals surface area contributed by atoms with Crippen molar-refractivity contribution in [2.24, 2.45) is 5.73 Å². The van der Waals surface area contributed by atoms with Crippen molar-refractivity contribution in [1.29, 1.82) is 0 Å². The zero-order chi connectivity index (χ0) is 19.8. The first-order valence-corrected chi connectivity index (χ1v) is 8.50. The fraction of sp³-hybridized carbons (Fsp3) is 0.143. The molecule has 0 fully saturated rings. The zero-order valence-electron chi connectivity index (χ0n) is 15.2. The molecule has 0 aliphatic carbocycles. The van der Waals surface area contributed by atoms with Crippen LogP contribution in [0.5, 0.6) is 11.5 Å². The Morgan fingerprint density at radius 1 is 1.07 bits per heavy atom. The summed E-state index contributed by atoms with van der Waals surface area (Å²) >= 11 is 0. The molecule has 3 aromatic rings. The van der Waals surface area contributed by atoms with Gasteiger partial charge in [-0.3, -0.25) is 0 Å². The van der Waals surface area contributed by atoms with Crippen molar-refractivity contribution in [1.82, 2.24) is 0 Å². The van der Waals surface area contributed by atoms with E-state index in [0.717, 1.165) is 0 Å². The monoisotopic (exact) mass is 379 g/mol. The maximum atomic E-state index is 12.9. The average Bonchev–Trinajstić information content (AvgIpc) is 2.72. The van der Waals surface area contributed by atoms with Gasteiger partial charge in [-0.05, 0) is 29.8 Å². The molecule has 2 aromatic carbocycles. The Bertz CT molecular complexity index is 1160. The topological polar surface area (TPSA) is 101 Å². The predicted octanol–water partition coefficient (Wildman–Crippen LogP) is 2.67. The Morgan fingerprint density at radius 3 is 2.46 bits per heavy atom. The maximum Gasteiger partial charge on any atom is 0.344 e. The van der Waals surface area contributed by atoms with E-state index in [-0.39, 0.29) is 22.8 Å². The van der Waals surface area contributed by atoms with Gasteiger partial charge in [0.2, 0.25) is 5.88 Å². The van der Waals surface area contributed by atoms with Gasteiger partial charge in [-0.15, -0.1) is 0 Å². The highest BCUT2D eigenvalue weighted by Crippen LogP contribution is 2.44. The standard InChI is InChI=1S/C21H17NO6/c1-25-12-9-7-11(8-10-12)15-16-18(28-19(22)17(15)20(23)26-2)13-5-3-4-6-14(13)27-21(16)24/h3-10,15H,22H2,1-2H3/t15-/m0/s1. The Balaban J connectivity index is 2.03. The molecular formula is C21H17NO6. The fourth-order valence-corrected chi connectivity index (χ4v) is 3.40. The first kappa shape index (κ1) is 17.7. The van der Waals surface area contributed by atoms with Crippen molar-refractivity contribution in [2.75, 3.05) is 14.2 Å². The number of benzene rings is 2. The molecule has 0 amide bonds. The van der Waals surface area contributed by atoms with Crippen molar-refractivity contribution in [2.45, 2.75) is 5.92 Å². The van der Waals surface area contributed by atoms with Crippen LogP contribution in [-0.2, 0) is 9.53 Å². The number of carbonyl (C=O) groups excluding carboxylic acids is 1. The number of ether oxygens (including phenoxy) is 3. The van der Waals surface area contributed by atoms with Gasteiger partial charge in [0.15, 0.2) is 5.75 Å². The number of carbonyl (C=O) groups is 1. The molecule has 1 aliphatic heterocycles. The zero-order valence-corrected chi connectivity index (χ0v) is 15.2. The van der Waals surface area contributed by atoms with Crippen LogP contribution in [0.4, 0.5) is 0 Å². The second kappa shape index (κ2) is 6.77. The van der Waals surface area contributed by atoms with Gasteiger partial charge >= 0.3 is 11.6 Å². The number of methoxy groups -OCH3 is 2. The van der Waals surface area contributed by atoms with E-state index in [1.165, 1.54) is 7.11 Å². The van der Waals surface area contributed by atoms with E-state index in [0.29, 0.717) is 22.3 Å². The van der Waals surface area contributed by atoms with Crippen LogP contribution in [0, 0.1) is 0 Å². The quantitative estimate of drug-likeness (QED) is 0.551. The second-order valence-corrected chi connectivity index (χ2v) is 6.21. The van der Waals surface area contributed by atoms with Crippen LogP contribution in [0.25, 0.3) is 11.0 Å². The van der Waals surface area contributed by atoms with Gasteiger partial charge in [0.1, 0.15) is 16.9 Å². The second-order valence-electron chi connectivity index (χ2n) is 6.21. The maximum absolute atomic E-state index is 12.9. The van der Waals surface area contributed by atoms with E-state index in [4.69, 9.17) is 24.4 Å². The smallest absolute Gasteiger partial charge is 0.344 e. The molecule has 2 N–H and O–H groups in total. The molecule has 0 radical (unpaired) electrons. The molecule has 0 unspecified atom stereocenters. The first-order chi connectivity index (χ1) is 13.5. The molecule has 0 bridgehead atoms. The van der Waals surface area contributed by atoms with Gasteiger partial charge in [0.05, 0.1) is 31.1 Å². The molecular weight excluding hydrogens is 362 g/mol. The molecule has 1 aliphatic rings. The van der Waals surface area contributed by atoms with Gasteiger partial charge in [0.25, 0.3) is 0 Å². The number of rotatable bonds is 3. The molecule has 1 aromatic heterocycles. The molecule has 1 atom stereocenters. The third-order valence-corrected chi connectivity index (χ3v) is 4.71. The van der Waals surface area contributed by atoms with Gasteiger partial charge in [-0.1, -0.05) is 24.3 Å². The van der Waals surface area contributed by atoms with Gasteiger partial charge in [0, 0.05) is 0 Å². The van der Waals surface area contributed by atoms with Gasteiger partial charge < -0.3 is 24.4 Å². The lowest BCUT2D eigenvalue weighted by molar-refractivity contribution is -0.136. The van der Waals surface area contributed by atoms with Crippen molar-refractivity contribution in [3.63, 3.8) is 0 Å². The molecule has 28 heavy (non-hydrogen) atoms. The van der Waals surface area contributed by atoms with E-state index in [1.807, 2.05) is 0 Å². The summed E-state index contributed by atoms with van der Waals surface area (Å²) in [5.41, 5.74) is 6.74. The highest BCUT2D eigenvalue weighted by Gasteiger charge is 2.39. The Morgan fingerprint density at radius 2 is 1.79 bits per heavy atom. The van der Waals surface area contributed by atoms with Crippen molar-refractivity contribution < 1.29 is 23.4 Å². The lowest BCUT2D eigenvalue weighted by atomic mass is 9.83. The largest absolute Gasteiger partial charge is 0.497 e. The molecule has 4 rings (SSSR count). The normalized spacial score (nSPS) is 15.7. The van der Waals surface area contributed by atoms with Crippen LogP contribution in [-0.4, -0.2) is 20.2 Å². The van der Waals surface area contributed by atoms with Crippen LogP contribution in [0.2, 0.25) is 0 Å². The van der Waals surface area contributed by atoms with Crippen LogP contribution in [0.1, 0.15) is 17.0 Å². The molecule has 2 heterocycles. The van der Waals surface area contributed by atoms with E-state index in [2.05, 4.69) is 0 Å². The van der Waals surface area contributed by atoms with Gasteiger partial charge in [-0.25, -0.2) is 9.59 Å². The first-order valence-electron chi connectivity index (χ1n) is 8.50. The van der Waals surface area contributed by atoms with E-state index in [1.54, 1.807) is 55.6 Å². The van der Waals surface area contributed by atoms with Crippen molar-refractivity contribution in [3.05, 3.63) is 81.5 Å². The molecule has 142 valence electrons. The summed E-state index contributed by atoms with van der Waals surface area (Å²) in [6.45, 7) is 0. The minimum atomic E-state index is -0.803. The van der Waals surface area contributed by atoms with Crippen LogP contribution < -0.4 is 20.8 Å². The summed E-state index contributed by atoms with van der Waals surface area (Å²) in [5.74, 6) is -0.689. The predicted molar refractivity (Wildman–Crippen MR) is 101 cm³/mol. The van der Waals surface area contributed by atoms with Crippen molar-refractivity contribution in [3.8, 4) is 11.5 Å². The summed E-state index contributed by atoms with van der Waals surface area (Å²) in [4.78, 5) is 25.3. The number of fused-ring (bicyclic) bond motifs is 3. The summed E-state index contributed by atoms with van der Waals surface area (Å²) in [6.07, 6.45) is 0. The number of hydrogen-bond donors (Lipinski definition) is 1. The highest BCUT2D eigenvalue weighted by molar-refractivity contribution is 5.94. The lowest BCUT2D eigenvalue weighted by Crippen LogP contribution is -2.30. The Hall–Kier alpha value is -3.74. The van der Waals surface area contributed by atoms with Crippen LogP contribution in [0.3, 0.4) is 0 Å². The number of hydrogen-bond acceptors (Lipinski definition) is 7. The summed E-state index contributed by atoms with van der Waals surface area (Å²) in [6, 6.07) is 13.9. The summed E-state index contributed by atoms with van der Waals surface area (Å²) in [5, 5.41) is 0.586. The molecule has 0 saturated heterocycles. The van der Waals surface area contributed by atoms with Crippen LogP contribution in [0.15, 0.2) is 69.2 Å². The number of esters is 1. The minimum Gasteiger partial charge on any atom is -0.497 e. The SMILES string of the molecule is COC(=O)C1=C(N)Oc2c(c(=O)oc3ccccc23)[C@@H]1c1ccc(OC)cc1. The number of nitrogens with two attached hydrogens (primary N) is 1. The van der Waals surface area contributed by atoms with E-state index in [9.17, 15) is 9.59 Å². The van der Waals surface area contributed by atoms with Crippen molar-refractivity contribution >= 4 is 16.9 Å². The average molecular weight is 379 g/mol.